The van der Waals surface area contributed by atoms with Gasteiger partial charge in [0, 0.05) is 38.4 Å². The Hall–Kier alpha value is -1.70. The van der Waals surface area contributed by atoms with Gasteiger partial charge < -0.3 is 0 Å². The van der Waals surface area contributed by atoms with Gasteiger partial charge in [-0.25, -0.2) is 4.68 Å². The van der Waals surface area contributed by atoms with Gasteiger partial charge in [0.1, 0.15) is 0 Å². The van der Waals surface area contributed by atoms with E-state index in [2.05, 4.69) is 5.10 Å². The van der Waals surface area contributed by atoms with E-state index < -0.39 is 10.2 Å². The molecule has 1 aliphatic rings. The number of hydrogen-bond acceptors (Lipinski definition) is 3. The van der Waals surface area contributed by atoms with Crippen molar-refractivity contribution in [1.29, 1.82) is 0 Å². The Balaban J connectivity index is 1.72. The lowest BCUT2D eigenvalue weighted by Gasteiger charge is -2.23. The zero-order chi connectivity index (χ0) is 15.6. The molecule has 0 bridgehead atoms. The summed E-state index contributed by atoms with van der Waals surface area (Å²) in [7, 11) is -1.74. The molecule has 0 saturated carbocycles. The van der Waals surface area contributed by atoms with Crippen molar-refractivity contribution < 1.29 is 8.42 Å². The second-order valence-electron chi connectivity index (χ2n) is 5.50. The van der Waals surface area contributed by atoms with E-state index in [0.29, 0.717) is 19.6 Å². The normalized spacial score (nSPS) is 16.5. The van der Waals surface area contributed by atoms with Gasteiger partial charge in [-0.2, -0.15) is 22.1 Å². The van der Waals surface area contributed by atoms with Crippen LogP contribution in [0.25, 0.3) is 5.69 Å². The second-order valence-corrected chi connectivity index (χ2v) is 7.53. The molecule has 0 radical (unpaired) electrons. The molecule has 0 amide bonds. The van der Waals surface area contributed by atoms with Crippen molar-refractivity contribution in [2.45, 2.75) is 19.4 Å². The summed E-state index contributed by atoms with van der Waals surface area (Å²) in [4.78, 5) is 0. The zero-order valence-corrected chi connectivity index (χ0v) is 13.4. The summed E-state index contributed by atoms with van der Waals surface area (Å²) < 4.78 is 29.6. The number of nitrogens with zero attached hydrogens (tertiary/aromatic N) is 4. The lowest BCUT2D eigenvalue weighted by molar-refractivity contribution is 0.392. The maximum Gasteiger partial charge on any atom is 0.282 e. The molecule has 0 N–H and O–H groups in total. The number of para-hydroxylation sites is 1. The Labute approximate surface area is 131 Å². The van der Waals surface area contributed by atoms with Crippen molar-refractivity contribution in [3.63, 3.8) is 0 Å². The minimum absolute atomic E-state index is 0.325. The van der Waals surface area contributed by atoms with Crippen LogP contribution in [0.2, 0.25) is 0 Å². The Morgan fingerprint density at radius 1 is 1.18 bits per heavy atom. The molecule has 2 heterocycles. The molecule has 1 saturated heterocycles. The summed E-state index contributed by atoms with van der Waals surface area (Å²) in [6, 6.07) is 9.76. The number of benzene rings is 1. The summed E-state index contributed by atoms with van der Waals surface area (Å²) in [5.41, 5.74) is 1.83. The molecule has 1 aromatic heterocycles. The molecule has 1 aromatic carbocycles. The second kappa shape index (κ2) is 6.20. The minimum atomic E-state index is -3.36. The number of aromatic nitrogens is 2. The van der Waals surface area contributed by atoms with Crippen molar-refractivity contribution >= 4 is 10.2 Å². The van der Waals surface area contributed by atoms with E-state index in [1.54, 1.807) is 22.2 Å². The van der Waals surface area contributed by atoms with Crippen molar-refractivity contribution in [2.24, 2.45) is 0 Å². The Morgan fingerprint density at radius 2 is 1.86 bits per heavy atom. The molecule has 3 rings (SSSR count). The maximum atomic E-state index is 12.4. The molecule has 0 aliphatic carbocycles. The van der Waals surface area contributed by atoms with Crippen LogP contribution in [-0.2, 0) is 16.8 Å². The summed E-state index contributed by atoms with van der Waals surface area (Å²) >= 11 is 0. The van der Waals surface area contributed by atoms with Crippen molar-refractivity contribution in [3.05, 3.63) is 48.3 Å². The largest absolute Gasteiger partial charge is 0.282 e. The van der Waals surface area contributed by atoms with Crippen molar-refractivity contribution in [1.82, 2.24) is 18.4 Å². The highest BCUT2D eigenvalue weighted by Crippen LogP contribution is 2.17. The number of rotatable bonds is 5. The lowest BCUT2D eigenvalue weighted by atomic mass is 10.3. The third-order valence-electron chi connectivity index (χ3n) is 3.85. The van der Waals surface area contributed by atoms with Crippen molar-refractivity contribution in [2.75, 3.05) is 20.1 Å². The molecule has 0 unspecified atom stereocenters. The van der Waals surface area contributed by atoms with Gasteiger partial charge >= 0.3 is 0 Å². The average Bonchev–Trinajstić information content (AvgIpc) is 3.20. The van der Waals surface area contributed by atoms with Gasteiger partial charge in [0.25, 0.3) is 10.2 Å². The van der Waals surface area contributed by atoms with E-state index in [0.717, 1.165) is 24.1 Å². The fourth-order valence-electron chi connectivity index (χ4n) is 2.62. The smallest absolute Gasteiger partial charge is 0.241 e. The monoisotopic (exact) mass is 320 g/mol. The van der Waals surface area contributed by atoms with Crippen LogP contribution in [0.1, 0.15) is 18.4 Å². The van der Waals surface area contributed by atoms with E-state index in [-0.39, 0.29) is 0 Å². The van der Waals surface area contributed by atoms with Gasteiger partial charge in [0.05, 0.1) is 11.9 Å². The van der Waals surface area contributed by atoms with Crippen LogP contribution in [0.3, 0.4) is 0 Å². The van der Waals surface area contributed by atoms with Gasteiger partial charge in [-0.15, -0.1) is 0 Å². The molecule has 22 heavy (non-hydrogen) atoms. The van der Waals surface area contributed by atoms with Gasteiger partial charge in [-0.05, 0) is 25.0 Å². The zero-order valence-electron chi connectivity index (χ0n) is 12.6. The predicted molar refractivity (Wildman–Crippen MR) is 84.8 cm³/mol. The molecular formula is C15H20N4O2S. The average molecular weight is 320 g/mol. The Morgan fingerprint density at radius 3 is 2.55 bits per heavy atom. The molecule has 1 fully saturated rings. The SMILES string of the molecule is CN(Cc1cnn(-c2ccccc2)c1)S(=O)(=O)N1CCCC1. The Kier molecular flexibility index (Phi) is 4.28. The summed E-state index contributed by atoms with van der Waals surface area (Å²) in [5, 5.41) is 4.30. The third-order valence-corrected chi connectivity index (χ3v) is 5.78. The first-order valence-electron chi connectivity index (χ1n) is 7.38. The van der Waals surface area contributed by atoms with E-state index >= 15 is 0 Å². The lowest BCUT2D eigenvalue weighted by Crippen LogP contribution is -2.39. The molecule has 0 spiro atoms. The highest BCUT2D eigenvalue weighted by molar-refractivity contribution is 7.86. The molecular weight excluding hydrogens is 300 g/mol. The fourth-order valence-corrected chi connectivity index (χ4v) is 4.04. The van der Waals surface area contributed by atoms with Crippen LogP contribution in [0.5, 0.6) is 0 Å². The highest BCUT2D eigenvalue weighted by Gasteiger charge is 2.29. The number of hydrogen-bond donors (Lipinski definition) is 0. The minimum Gasteiger partial charge on any atom is -0.241 e. The molecule has 118 valence electrons. The van der Waals surface area contributed by atoms with E-state index in [1.807, 2.05) is 36.5 Å². The van der Waals surface area contributed by atoms with Crippen LogP contribution in [0.4, 0.5) is 0 Å². The topological polar surface area (TPSA) is 58.4 Å². The molecule has 1 aliphatic heterocycles. The van der Waals surface area contributed by atoms with Gasteiger partial charge in [0.15, 0.2) is 0 Å². The molecule has 6 nitrogen and oxygen atoms in total. The van der Waals surface area contributed by atoms with Crippen molar-refractivity contribution in [3.8, 4) is 5.69 Å². The van der Waals surface area contributed by atoms with E-state index in [4.69, 9.17) is 0 Å². The van der Waals surface area contributed by atoms with Crippen LogP contribution in [-0.4, -0.2) is 46.9 Å². The first kappa shape index (κ1) is 15.2. The molecule has 7 heteroatoms. The summed E-state index contributed by atoms with van der Waals surface area (Å²) in [5.74, 6) is 0. The van der Waals surface area contributed by atoms with Crippen LogP contribution in [0, 0.1) is 0 Å². The summed E-state index contributed by atoms with van der Waals surface area (Å²) in [6.45, 7) is 1.57. The molecule has 0 atom stereocenters. The Bertz CT molecular complexity index is 721. The van der Waals surface area contributed by atoms with Crippen LogP contribution < -0.4 is 0 Å². The first-order valence-corrected chi connectivity index (χ1v) is 8.77. The predicted octanol–water partition coefficient (Wildman–Crippen LogP) is 1.64. The van der Waals surface area contributed by atoms with Crippen LogP contribution >= 0.6 is 0 Å². The van der Waals surface area contributed by atoms with Gasteiger partial charge in [0.2, 0.25) is 0 Å². The quantitative estimate of drug-likeness (QED) is 0.841. The maximum absolute atomic E-state index is 12.4. The van der Waals surface area contributed by atoms with Crippen LogP contribution in [0.15, 0.2) is 42.7 Å². The van der Waals surface area contributed by atoms with Gasteiger partial charge in [-0.3, -0.25) is 0 Å². The highest BCUT2D eigenvalue weighted by atomic mass is 32.2. The van der Waals surface area contributed by atoms with E-state index in [1.165, 1.54) is 4.31 Å². The summed E-state index contributed by atoms with van der Waals surface area (Å²) in [6.07, 6.45) is 5.46. The van der Waals surface area contributed by atoms with Gasteiger partial charge in [-0.1, -0.05) is 18.2 Å². The standard InChI is InChI=1S/C15H20N4O2S/c1-17(22(20,21)18-9-5-6-10-18)12-14-11-16-19(13-14)15-7-3-2-4-8-15/h2-4,7-8,11,13H,5-6,9-10,12H2,1H3. The molecule has 2 aromatic rings. The van der Waals surface area contributed by atoms with E-state index in [9.17, 15) is 8.42 Å². The third kappa shape index (κ3) is 3.06. The fraction of sp³-hybridized carbons (Fsp3) is 0.400. The first-order chi connectivity index (χ1) is 10.6.